The molecule has 0 unspecified atom stereocenters. The highest BCUT2D eigenvalue weighted by molar-refractivity contribution is 6.32. The van der Waals surface area contributed by atoms with E-state index in [0.717, 1.165) is 5.82 Å². The molecule has 0 atom stereocenters. The highest BCUT2D eigenvalue weighted by Gasteiger charge is 2.20. The smallest absolute Gasteiger partial charge is 0.255 e. The van der Waals surface area contributed by atoms with Gasteiger partial charge in [0, 0.05) is 30.7 Å². The van der Waals surface area contributed by atoms with Crippen molar-refractivity contribution < 1.29 is 19.0 Å². The van der Waals surface area contributed by atoms with Gasteiger partial charge in [0.2, 0.25) is 6.79 Å². The van der Waals surface area contributed by atoms with Crippen LogP contribution in [0.3, 0.4) is 0 Å². The summed E-state index contributed by atoms with van der Waals surface area (Å²) in [4.78, 5) is 16.7. The summed E-state index contributed by atoms with van der Waals surface area (Å²) in [5.41, 5.74) is 1.03. The molecule has 0 fully saturated rings. The van der Waals surface area contributed by atoms with Crippen molar-refractivity contribution in [3.8, 4) is 17.2 Å². The number of fused-ring (bicyclic) bond motifs is 1. The van der Waals surface area contributed by atoms with Crippen LogP contribution >= 0.6 is 11.6 Å². The van der Waals surface area contributed by atoms with Crippen LogP contribution in [0.1, 0.15) is 16.2 Å². The summed E-state index contributed by atoms with van der Waals surface area (Å²) in [5.74, 6) is 2.14. The zero-order chi connectivity index (χ0) is 18.8. The van der Waals surface area contributed by atoms with Crippen molar-refractivity contribution in [3.63, 3.8) is 0 Å². The van der Waals surface area contributed by atoms with Crippen molar-refractivity contribution in [2.75, 3.05) is 12.1 Å². The van der Waals surface area contributed by atoms with E-state index in [1.165, 1.54) is 0 Å². The Balaban J connectivity index is 1.40. The molecule has 1 aromatic heterocycles. The van der Waals surface area contributed by atoms with Gasteiger partial charge in [-0.15, -0.1) is 0 Å². The Morgan fingerprint density at radius 3 is 2.85 bits per heavy atom. The summed E-state index contributed by atoms with van der Waals surface area (Å²) in [6.07, 6.45) is 3.58. The fourth-order valence-corrected chi connectivity index (χ4v) is 2.88. The molecule has 1 aliphatic heterocycles. The molecular formula is C19H16ClN3O4. The minimum atomic E-state index is -0.295. The first-order chi connectivity index (χ1) is 13.1. The van der Waals surface area contributed by atoms with Gasteiger partial charge in [-0.1, -0.05) is 11.6 Å². The lowest BCUT2D eigenvalue weighted by molar-refractivity contribution is 0.102. The molecule has 4 rings (SSSR count). The number of imidazole rings is 1. The Morgan fingerprint density at radius 2 is 2.11 bits per heavy atom. The number of benzene rings is 2. The monoisotopic (exact) mass is 385 g/mol. The number of hydrogen-bond acceptors (Lipinski definition) is 5. The van der Waals surface area contributed by atoms with Crippen LogP contribution in [-0.4, -0.2) is 22.3 Å². The zero-order valence-electron chi connectivity index (χ0n) is 14.4. The number of carbonyl (C=O) groups is 1. The fourth-order valence-electron chi connectivity index (χ4n) is 2.62. The van der Waals surface area contributed by atoms with Gasteiger partial charge in [0.15, 0.2) is 11.5 Å². The van der Waals surface area contributed by atoms with Crippen molar-refractivity contribution in [1.29, 1.82) is 0 Å². The Hall–Kier alpha value is -3.19. The van der Waals surface area contributed by atoms with Gasteiger partial charge >= 0.3 is 0 Å². The van der Waals surface area contributed by atoms with E-state index in [0.29, 0.717) is 40.1 Å². The molecule has 138 valence electrons. The lowest BCUT2D eigenvalue weighted by atomic mass is 10.2. The quantitative estimate of drug-likeness (QED) is 0.725. The van der Waals surface area contributed by atoms with Crippen LogP contribution in [0.4, 0.5) is 5.69 Å². The number of anilines is 1. The molecule has 7 nitrogen and oxygen atoms in total. The molecular weight excluding hydrogens is 370 g/mol. The van der Waals surface area contributed by atoms with E-state index in [-0.39, 0.29) is 12.7 Å². The molecule has 2 heterocycles. The first kappa shape index (κ1) is 17.2. The van der Waals surface area contributed by atoms with Gasteiger partial charge in [-0.3, -0.25) is 4.79 Å². The van der Waals surface area contributed by atoms with Crippen molar-refractivity contribution >= 4 is 23.2 Å². The van der Waals surface area contributed by atoms with Crippen LogP contribution < -0.4 is 19.5 Å². The number of amides is 1. The number of hydrogen-bond donors (Lipinski definition) is 1. The third-order valence-electron chi connectivity index (χ3n) is 4.09. The third-order valence-corrected chi connectivity index (χ3v) is 4.37. The molecule has 0 aliphatic carbocycles. The first-order valence-electron chi connectivity index (χ1n) is 8.20. The molecule has 2 aromatic carbocycles. The molecule has 8 heteroatoms. The maximum atomic E-state index is 12.5. The lowest BCUT2D eigenvalue weighted by Crippen LogP contribution is -2.11. The fraction of sp³-hybridized carbons (Fsp3) is 0.158. The number of aryl methyl sites for hydroxylation is 1. The van der Waals surface area contributed by atoms with Crippen LogP contribution in [0.5, 0.6) is 17.2 Å². The molecule has 1 aliphatic rings. The molecule has 0 radical (unpaired) electrons. The Bertz CT molecular complexity index is 985. The molecule has 0 saturated heterocycles. The Labute approximate surface area is 160 Å². The second-order valence-electron chi connectivity index (χ2n) is 5.91. The van der Waals surface area contributed by atoms with E-state index in [9.17, 15) is 4.79 Å². The third kappa shape index (κ3) is 3.68. The van der Waals surface area contributed by atoms with Gasteiger partial charge < -0.3 is 24.1 Å². The summed E-state index contributed by atoms with van der Waals surface area (Å²) in [7, 11) is 1.91. The van der Waals surface area contributed by atoms with E-state index in [4.69, 9.17) is 25.8 Å². The zero-order valence-corrected chi connectivity index (χ0v) is 15.2. The second-order valence-corrected chi connectivity index (χ2v) is 6.32. The van der Waals surface area contributed by atoms with Gasteiger partial charge in [0.25, 0.3) is 5.91 Å². The number of rotatable bonds is 5. The maximum Gasteiger partial charge on any atom is 0.255 e. The second kappa shape index (κ2) is 7.20. The van der Waals surface area contributed by atoms with Crippen LogP contribution in [-0.2, 0) is 13.7 Å². The summed E-state index contributed by atoms with van der Waals surface area (Å²) in [6.45, 7) is 0.463. The SMILES string of the molecule is Cn1ccnc1COc1ccc(NC(=O)c2cc(Cl)c3c(c2)OCO3)cc1. The van der Waals surface area contributed by atoms with E-state index >= 15 is 0 Å². The van der Waals surface area contributed by atoms with E-state index in [2.05, 4.69) is 10.3 Å². The molecule has 0 spiro atoms. The van der Waals surface area contributed by atoms with Crippen molar-refractivity contribution in [2.45, 2.75) is 6.61 Å². The van der Waals surface area contributed by atoms with Gasteiger partial charge in [-0.05, 0) is 36.4 Å². The molecule has 0 bridgehead atoms. The van der Waals surface area contributed by atoms with Crippen LogP contribution in [0.15, 0.2) is 48.8 Å². The first-order valence-corrected chi connectivity index (χ1v) is 8.57. The number of nitrogens with one attached hydrogen (secondary N) is 1. The minimum absolute atomic E-state index is 0.0971. The Morgan fingerprint density at radius 1 is 1.30 bits per heavy atom. The highest BCUT2D eigenvalue weighted by Crippen LogP contribution is 2.39. The summed E-state index contributed by atoms with van der Waals surface area (Å²) in [6, 6.07) is 10.2. The average molecular weight is 386 g/mol. The standard InChI is InChI=1S/C19H16ClN3O4/c1-23-7-6-21-17(23)10-25-14-4-2-13(3-5-14)22-19(24)12-8-15(20)18-16(9-12)26-11-27-18/h2-9H,10-11H2,1H3,(H,22,24). The summed E-state index contributed by atoms with van der Waals surface area (Å²) in [5, 5.41) is 3.16. The summed E-state index contributed by atoms with van der Waals surface area (Å²) >= 11 is 6.12. The minimum Gasteiger partial charge on any atom is -0.486 e. The Kier molecular flexibility index (Phi) is 4.60. The number of nitrogens with zero attached hydrogens (tertiary/aromatic N) is 2. The van der Waals surface area contributed by atoms with Crippen LogP contribution in [0.2, 0.25) is 5.02 Å². The van der Waals surface area contributed by atoms with E-state index < -0.39 is 0 Å². The predicted molar refractivity (Wildman–Crippen MR) is 99.5 cm³/mol. The largest absolute Gasteiger partial charge is 0.486 e. The molecule has 1 amide bonds. The number of ether oxygens (including phenoxy) is 3. The van der Waals surface area contributed by atoms with E-state index in [1.54, 1.807) is 42.6 Å². The molecule has 0 saturated carbocycles. The van der Waals surface area contributed by atoms with Crippen molar-refractivity contribution in [3.05, 3.63) is 65.2 Å². The highest BCUT2D eigenvalue weighted by atomic mass is 35.5. The normalized spacial score (nSPS) is 12.1. The predicted octanol–water partition coefficient (Wildman–Crippen LogP) is 3.63. The number of aromatic nitrogens is 2. The van der Waals surface area contributed by atoms with Crippen molar-refractivity contribution in [2.24, 2.45) is 7.05 Å². The van der Waals surface area contributed by atoms with Gasteiger partial charge in [0.1, 0.15) is 18.2 Å². The molecule has 3 aromatic rings. The van der Waals surface area contributed by atoms with Crippen LogP contribution in [0, 0.1) is 0 Å². The topological polar surface area (TPSA) is 74.6 Å². The number of halogens is 1. The van der Waals surface area contributed by atoms with Gasteiger partial charge in [-0.2, -0.15) is 0 Å². The van der Waals surface area contributed by atoms with E-state index in [1.807, 2.05) is 17.8 Å². The van der Waals surface area contributed by atoms with Crippen LogP contribution in [0.25, 0.3) is 0 Å². The molecule has 27 heavy (non-hydrogen) atoms. The number of carbonyl (C=O) groups excluding carboxylic acids is 1. The van der Waals surface area contributed by atoms with Gasteiger partial charge in [0.05, 0.1) is 5.02 Å². The average Bonchev–Trinajstić information content (AvgIpc) is 3.30. The van der Waals surface area contributed by atoms with Crippen molar-refractivity contribution in [1.82, 2.24) is 9.55 Å². The molecule has 1 N–H and O–H groups in total. The maximum absolute atomic E-state index is 12.5. The van der Waals surface area contributed by atoms with Gasteiger partial charge in [-0.25, -0.2) is 4.98 Å². The lowest BCUT2D eigenvalue weighted by Gasteiger charge is -2.09. The summed E-state index contributed by atoms with van der Waals surface area (Å²) < 4.78 is 18.1.